The third kappa shape index (κ3) is 11.1. The van der Waals surface area contributed by atoms with Crippen LogP contribution in [0, 0.1) is 0 Å². The monoisotopic (exact) mass is 1050 g/mol. The van der Waals surface area contributed by atoms with E-state index < -0.39 is 66.5 Å². The molecule has 0 unspecified atom stereocenters. The predicted octanol–water partition coefficient (Wildman–Crippen LogP) is 10.5. The summed E-state index contributed by atoms with van der Waals surface area (Å²) >= 11 is 0. The normalized spacial score (nSPS) is 30.8. The number of nitrogens with zero attached hydrogens (tertiary/aromatic N) is 12. The summed E-state index contributed by atoms with van der Waals surface area (Å²) in [7, 11) is 0. The van der Waals surface area contributed by atoms with Crippen molar-refractivity contribution in [2.24, 2.45) is 0 Å². The highest BCUT2D eigenvalue weighted by Gasteiger charge is 2.58. The number of piperidine rings is 6. The molecule has 6 aliphatic heterocycles. The Kier molecular flexibility index (Phi) is 15.1. The first kappa shape index (κ1) is 60.6. The summed E-state index contributed by atoms with van der Waals surface area (Å²) in [5, 5.41) is 93.3. The molecule has 6 fully saturated rings. The Labute approximate surface area is 453 Å². The van der Waals surface area contributed by atoms with Gasteiger partial charge in [-0.15, -0.1) is 61.6 Å². The second-order valence-corrected chi connectivity index (χ2v) is 32.3. The summed E-state index contributed by atoms with van der Waals surface area (Å²) < 4.78 is 0. The molecule has 0 spiro atoms. The van der Waals surface area contributed by atoms with Gasteiger partial charge in [0, 0.05) is 103 Å². The molecule has 0 saturated carbocycles. The SMILES string of the molecule is CC1(C)CC(N(c2nc(N(C3CC(C)(C)N([O])C(C)(C)C3)C3CC(C)(C)N([O])C(C)(C)C3)nc(N(C3CC(C)(C)N([O])C(C)(C)C3)C3CC(C)(C)N([O])C(C)(C)C3)n2)C2CC(C)(C)N([O])C(C)(C)C2)CC(C)(C)N1[O]. The largest absolute Gasteiger partial charge is 0.334 e. The molecule has 0 aliphatic carbocycles. The summed E-state index contributed by atoms with van der Waals surface area (Å²) in [6, 6.07) is -1.47. The maximum atomic E-state index is 14.3. The first-order chi connectivity index (χ1) is 33.5. The molecule has 1 aromatic heterocycles. The predicted molar refractivity (Wildman–Crippen MR) is 289 cm³/mol. The van der Waals surface area contributed by atoms with Crippen molar-refractivity contribution in [3.8, 4) is 0 Å². The second kappa shape index (κ2) is 18.7. The zero-order valence-electron chi connectivity index (χ0n) is 51.3. The number of hydrogen-bond donors (Lipinski definition) is 0. The fourth-order valence-corrected chi connectivity index (χ4v) is 17.0. The molecule has 18 nitrogen and oxygen atoms in total. The lowest BCUT2D eigenvalue weighted by molar-refractivity contribution is -0.294. The van der Waals surface area contributed by atoms with Crippen LogP contribution in [0.5, 0.6) is 0 Å². The highest BCUT2D eigenvalue weighted by molar-refractivity contribution is 5.52. The van der Waals surface area contributed by atoms with E-state index in [1.165, 1.54) is 30.4 Å². The van der Waals surface area contributed by atoms with Crippen LogP contribution < -0.4 is 14.7 Å². The van der Waals surface area contributed by atoms with E-state index in [9.17, 15) is 31.2 Å². The van der Waals surface area contributed by atoms with Crippen LogP contribution in [-0.2, 0) is 31.2 Å². The van der Waals surface area contributed by atoms with E-state index in [4.69, 9.17) is 15.0 Å². The van der Waals surface area contributed by atoms with Crippen molar-refractivity contribution in [1.82, 2.24) is 45.3 Å². The van der Waals surface area contributed by atoms with E-state index in [2.05, 4.69) is 14.7 Å². The molecule has 18 heteroatoms. The van der Waals surface area contributed by atoms with Crippen molar-refractivity contribution in [3.05, 3.63) is 0 Å². The van der Waals surface area contributed by atoms with Gasteiger partial charge in [0.15, 0.2) is 0 Å². The van der Waals surface area contributed by atoms with Gasteiger partial charge >= 0.3 is 0 Å². The van der Waals surface area contributed by atoms with E-state index >= 15 is 0 Å². The van der Waals surface area contributed by atoms with E-state index in [1.54, 1.807) is 0 Å². The first-order valence-electron chi connectivity index (χ1n) is 28.5. The lowest BCUT2D eigenvalue weighted by Crippen LogP contribution is -2.68. The van der Waals surface area contributed by atoms with Crippen LogP contribution in [0.25, 0.3) is 0 Å². The summed E-state index contributed by atoms with van der Waals surface area (Å²) in [4.78, 5) is 24.6. The van der Waals surface area contributed by atoms with Gasteiger partial charge in [-0.3, -0.25) is 0 Å². The van der Waals surface area contributed by atoms with Crippen molar-refractivity contribution in [2.45, 2.75) is 346 Å². The molecule has 6 aliphatic rings. The lowest BCUT2D eigenvalue weighted by atomic mass is 9.74. The van der Waals surface area contributed by atoms with Crippen molar-refractivity contribution in [1.29, 1.82) is 0 Å². The fourth-order valence-electron chi connectivity index (χ4n) is 17.0. The van der Waals surface area contributed by atoms with E-state index in [0.717, 1.165) is 0 Å². The van der Waals surface area contributed by atoms with Gasteiger partial charge in [-0.05, 0) is 243 Å². The van der Waals surface area contributed by atoms with Crippen LogP contribution in [0.1, 0.15) is 243 Å². The van der Waals surface area contributed by atoms with Crippen LogP contribution >= 0.6 is 0 Å². The molecule has 0 aromatic carbocycles. The molecular formula is C57H102N12O6. The zero-order chi connectivity index (χ0) is 57.0. The average molecular weight is 1050 g/mol. The molecule has 6 radical (unpaired) electrons. The number of rotatable bonds is 9. The maximum Gasteiger partial charge on any atom is 0.232 e. The number of anilines is 3. The fraction of sp³-hybridized carbons (Fsp3) is 0.947. The van der Waals surface area contributed by atoms with Gasteiger partial charge in [-0.1, -0.05) is 0 Å². The molecule has 1 aromatic rings. The highest BCUT2D eigenvalue weighted by atomic mass is 16.5. The second-order valence-electron chi connectivity index (χ2n) is 32.3. The molecule has 0 N–H and O–H groups in total. The Bertz CT molecular complexity index is 1760. The Balaban J connectivity index is 1.60. The number of hydrogen-bond acceptors (Lipinski definition) is 12. The van der Waals surface area contributed by atoms with Crippen LogP contribution in [0.15, 0.2) is 0 Å². The minimum absolute atomic E-state index is 0.244. The molecule has 0 amide bonds. The molecule has 75 heavy (non-hydrogen) atoms. The van der Waals surface area contributed by atoms with E-state index in [-0.39, 0.29) is 36.3 Å². The molecule has 0 bridgehead atoms. The highest BCUT2D eigenvalue weighted by Crippen LogP contribution is 2.51. The zero-order valence-corrected chi connectivity index (χ0v) is 51.3. The molecule has 7 rings (SSSR count). The van der Waals surface area contributed by atoms with Gasteiger partial charge in [0.1, 0.15) is 0 Å². The van der Waals surface area contributed by atoms with Gasteiger partial charge in [-0.25, -0.2) is 0 Å². The maximum absolute atomic E-state index is 14.3. The molecule has 426 valence electrons. The summed E-state index contributed by atoms with van der Waals surface area (Å²) in [6.45, 7) is 48.4. The number of aromatic nitrogens is 3. The van der Waals surface area contributed by atoms with E-state index in [0.29, 0.717) is 94.9 Å². The third-order valence-electron chi connectivity index (χ3n) is 19.1. The average Bonchev–Trinajstić information content (AvgIpc) is 3.20. The van der Waals surface area contributed by atoms with Crippen molar-refractivity contribution in [3.63, 3.8) is 0 Å². The molecule has 6 saturated heterocycles. The first-order valence-corrected chi connectivity index (χ1v) is 28.5. The minimum atomic E-state index is -0.772. The number of hydroxylamine groups is 12. The standard InChI is InChI=1S/C57H102N12O6/c1-46(2)25-37(26-47(3,4)64(46)70)61(38-27-48(5,6)65(71)49(7,8)28-38)43-58-44(62(39-29-50(9,10)66(72)51(11,12)30-39)40-31-52(13,14)67(73)53(15,16)32-40)60-45(59-43)63(41-33-54(17,18)68(74)55(19,20)34-41)42-35-56(21,22)69(75)57(23,24)36-42/h37-42H,25-36H2,1-24H3. The lowest BCUT2D eigenvalue weighted by Gasteiger charge is -2.58. The van der Waals surface area contributed by atoms with Crippen LogP contribution in [0.4, 0.5) is 17.8 Å². The van der Waals surface area contributed by atoms with Crippen molar-refractivity contribution >= 4 is 17.8 Å². The molecular weight excluding hydrogens is 949 g/mol. The minimum Gasteiger partial charge on any atom is -0.334 e. The Morgan fingerprint density at radius 3 is 0.427 bits per heavy atom. The van der Waals surface area contributed by atoms with Crippen LogP contribution in [0.2, 0.25) is 0 Å². The van der Waals surface area contributed by atoms with Gasteiger partial charge in [0.25, 0.3) is 0 Å². The van der Waals surface area contributed by atoms with Crippen molar-refractivity contribution < 1.29 is 31.2 Å². The Morgan fingerprint density at radius 2 is 0.333 bits per heavy atom. The van der Waals surface area contributed by atoms with Crippen LogP contribution in [-0.4, -0.2) is 148 Å². The quantitative estimate of drug-likeness (QED) is 0.228. The molecule has 7 heterocycles. The van der Waals surface area contributed by atoms with Gasteiger partial charge in [-0.2, -0.15) is 15.0 Å². The van der Waals surface area contributed by atoms with E-state index in [1.807, 2.05) is 166 Å². The van der Waals surface area contributed by atoms with Gasteiger partial charge in [0.05, 0.1) is 0 Å². The summed E-state index contributed by atoms with van der Waals surface area (Å²) in [5.41, 5.74) is -9.27. The smallest absolute Gasteiger partial charge is 0.232 e. The van der Waals surface area contributed by atoms with Gasteiger partial charge < -0.3 is 14.7 Å². The third-order valence-corrected chi connectivity index (χ3v) is 19.1. The summed E-state index contributed by atoms with van der Waals surface area (Å²) in [6.07, 6.45) is 6.07. The Hall–Kier alpha value is -2.07. The topological polar surface area (TPSA) is 187 Å². The van der Waals surface area contributed by atoms with Crippen LogP contribution in [0.3, 0.4) is 0 Å². The Morgan fingerprint density at radius 1 is 0.240 bits per heavy atom. The summed E-state index contributed by atoms with van der Waals surface area (Å²) in [5.74, 6) is 1.36. The van der Waals surface area contributed by atoms with Gasteiger partial charge in [0.2, 0.25) is 17.8 Å². The van der Waals surface area contributed by atoms with Crippen molar-refractivity contribution in [2.75, 3.05) is 14.7 Å². The molecule has 0 atom stereocenters.